The van der Waals surface area contributed by atoms with Gasteiger partial charge in [-0.1, -0.05) is 18.2 Å². The minimum Gasteiger partial charge on any atom is -0.481 e. The Labute approximate surface area is 123 Å². The van der Waals surface area contributed by atoms with Crippen molar-refractivity contribution in [3.05, 3.63) is 59.9 Å². The fourth-order valence-electron chi connectivity index (χ4n) is 1.65. The first-order valence-electron chi connectivity index (χ1n) is 6.62. The molecule has 1 amide bonds. The van der Waals surface area contributed by atoms with Crippen molar-refractivity contribution in [3.8, 4) is 5.75 Å². The van der Waals surface area contributed by atoms with Crippen LogP contribution in [0, 0.1) is 6.92 Å². The lowest BCUT2D eigenvalue weighted by molar-refractivity contribution is -0.127. The highest BCUT2D eigenvalue weighted by Crippen LogP contribution is 2.14. The Bertz CT molecular complexity index is 626. The van der Waals surface area contributed by atoms with Crippen LogP contribution in [0.2, 0.25) is 0 Å². The summed E-state index contributed by atoms with van der Waals surface area (Å²) in [6.07, 6.45) is 2.51. The minimum atomic E-state index is -0.632. The van der Waals surface area contributed by atoms with Crippen LogP contribution in [0.3, 0.4) is 0 Å². The van der Waals surface area contributed by atoms with Crippen LogP contribution in [0.4, 0.5) is 0 Å². The van der Waals surface area contributed by atoms with Crippen LogP contribution in [0.15, 0.2) is 53.8 Å². The summed E-state index contributed by atoms with van der Waals surface area (Å²) >= 11 is 0. The molecule has 1 atom stereocenters. The monoisotopic (exact) mass is 283 g/mol. The molecule has 0 spiro atoms. The average Bonchev–Trinajstić information content (AvgIpc) is 2.48. The van der Waals surface area contributed by atoms with Crippen LogP contribution in [0.25, 0.3) is 0 Å². The number of carbonyl (C=O) groups is 1. The van der Waals surface area contributed by atoms with Crippen LogP contribution in [0.1, 0.15) is 18.2 Å². The van der Waals surface area contributed by atoms with Gasteiger partial charge in [0.15, 0.2) is 6.10 Å². The third kappa shape index (κ3) is 4.72. The van der Waals surface area contributed by atoms with Gasteiger partial charge in [-0.2, -0.15) is 5.10 Å². The second-order valence-corrected chi connectivity index (χ2v) is 4.57. The molecule has 0 fully saturated rings. The van der Waals surface area contributed by atoms with E-state index in [2.05, 4.69) is 15.5 Å². The van der Waals surface area contributed by atoms with E-state index < -0.39 is 6.10 Å². The first-order chi connectivity index (χ1) is 10.1. The van der Waals surface area contributed by atoms with Gasteiger partial charge in [0.2, 0.25) is 0 Å². The summed E-state index contributed by atoms with van der Waals surface area (Å²) in [6, 6.07) is 13.0. The summed E-state index contributed by atoms with van der Waals surface area (Å²) in [4.78, 5) is 15.9. The van der Waals surface area contributed by atoms with E-state index in [-0.39, 0.29) is 5.91 Å². The lowest BCUT2D eigenvalue weighted by Crippen LogP contribution is -2.33. The molecule has 1 N–H and O–H groups in total. The highest BCUT2D eigenvalue weighted by Gasteiger charge is 2.13. The van der Waals surface area contributed by atoms with E-state index in [1.165, 1.54) is 6.21 Å². The molecule has 0 aliphatic carbocycles. The molecule has 21 heavy (non-hydrogen) atoms. The van der Waals surface area contributed by atoms with Crippen molar-refractivity contribution in [1.82, 2.24) is 10.4 Å². The van der Waals surface area contributed by atoms with Crippen LogP contribution in [0.5, 0.6) is 5.75 Å². The number of hydrazone groups is 1. The summed E-state index contributed by atoms with van der Waals surface area (Å²) in [5, 5.41) is 3.85. The molecule has 0 saturated heterocycles. The van der Waals surface area contributed by atoms with Gasteiger partial charge >= 0.3 is 0 Å². The van der Waals surface area contributed by atoms with Crippen LogP contribution >= 0.6 is 0 Å². The number of nitrogens with one attached hydrogen (secondary N) is 1. The average molecular weight is 283 g/mol. The standard InChI is InChI=1S/C16H17N3O2/c1-12-6-5-8-15(10-12)21-13(2)16(20)19-18-11-14-7-3-4-9-17-14/h3-11,13H,1-2H3,(H,19,20)/t13-/m0/s1. The van der Waals surface area contributed by atoms with Gasteiger partial charge in [0, 0.05) is 6.20 Å². The minimum absolute atomic E-state index is 0.316. The lowest BCUT2D eigenvalue weighted by Gasteiger charge is -2.13. The van der Waals surface area contributed by atoms with E-state index in [0.717, 1.165) is 5.56 Å². The number of hydrogen-bond acceptors (Lipinski definition) is 4. The molecular formula is C16H17N3O2. The first kappa shape index (κ1) is 14.7. The summed E-state index contributed by atoms with van der Waals surface area (Å²) in [5.41, 5.74) is 4.18. The van der Waals surface area contributed by atoms with E-state index in [1.807, 2.05) is 43.3 Å². The van der Waals surface area contributed by atoms with Gasteiger partial charge in [-0.25, -0.2) is 5.43 Å². The number of hydrogen-bond donors (Lipinski definition) is 1. The lowest BCUT2D eigenvalue weighted by atomic mass is 10.2. The Balaban J connectivity index is 1.87. The summed E-state index contributed by atoms with van der Waals surface area (Å²) < 4.78 is 5.56. The van der Waals surface area contributed by atoms with Crippen LogP contribution in [-0.4, -0.2) is 23.2 Å². The van der Waals surface area contributed by atoms with E-state index in [1.54, 1.807) is 19.2 Å². The summed E-state index contributed by atoms with van der Waals surface area (Å²) in [6.45, 7) is 3.64. The van der Waals surface area contributed by atoms with Gasteiger partial charge in [0.25, 0.3) is 5.91 Å². The Morgan fingerprint density at radius 1 is 1.33 bits per heavy atom. The quantitative estimate of drug-likeness (QED) is 0.676. The largest absolute Gasteiger partial charge is 0.481 e. The molecule has 5 nitrogen and oxygen atoms in total. The smallest absolute Gasteiger partial charge is 0.280 e. The maximum atomic E-state index is 11.9. The van der Waals surface area contributed by atoms with Gasteiger partial charge in [-0.05, 0) is 43.7 Å². The van der Waals surface area contributed by atoms with Gasteiger partial charge in [-0.3, -0.25) is 9.78 Å². The van der Waals surface area contributed by atoms with Crippen molar-refractivity contribution < 1.29 is 9.53 Å². The van der Waals surface area contributed by atoms with Crippen LogP contribution in [-0.2, 0) is 4.79 Å². The molecule has 2 rings (SSSR count). The maximum Gasteiger partial charge on any atom is 0.280 e. The van der Waals surface area contributed by atoms with Crippen molar-refractivity contribution in [2.45, 2.75) is 20.0 Å². The van der Waals surface area contributed by atoms with E-state index >= 15 is 0 Å². The van der Waals surface area contributed by atoms with E-state index in [4.69, 9.17) is 4.74 Å². The van der Waals surface area contributed by atoms with Crippen molar-refractivity contribution in [2.24, 2.45) is 5.10 Å². The summed E-state index contributed by atoms with van der Waals surface area (Å²) in [5.74, 6) is 0.343. The Kier molecular flexibility index (Phi) is 5.04. The SMILES string of the molecule is Cc1cccc(O[C@@H](C)C(=O)NN=Cc2ccccn2)c1. The number of carbonyl (C=O) groups excluding carboxylic acids is 1. The summed E-state index contributed by atoms with van der Waals surface area (Å²) in [7, 11) is 0. The zero-order chi connectivity index (χ0) is 15.1. The molecule has 0 bridgehead atoms. The Morgan fingerprint density at radius 3 is 2.90 bits per heavy atom. The molecule has 0 unspecified atom stereocenters. The molecule has 1 aromatic heterocycles. The normalized spacial score (nSPS) is 12.1. The number of rotatable bonds is 5. The molecule has 108 valence electrons. The van der Waals surface area contributed by atoms with Gasteiger partial charge in [-0.15, -0.1) is 0 Å². The topological polar surface area (TPSA) is 63.6 Å². The third-order valence-electron chi connectivity index (χ3n) is 2.73. The second-order valence-electron chi connectivity index (χ2n) is 4.57. The number of nitrogens with zero attached hydrogens (tertiary/aromatic N) is 2. The first-order valence-corrected chi connectivity index (χ1v) is 6.62. The Morgan fingerprint density at radius 2 is 2.19 bits per heavy atom. The molecular weight excluding hydrogens is 266 g/mol. The number of aryl methyl sites for hydroxylation is 1. The predicted molar refractivity (Wildman–Crippen MR) is 81.2 cm³/mol. The fourth-order valence-corrected chi connectivity index (χ4v) is 1.65. The van der Waals surface area contributed by atoms with E-state index in [0.29, 0.717) is 11.4 Å². The zero-order valence-electron chi connectivity index (χ0n) is 12.0. The number of aromatic nitrogens is 1. The van der Waals surface area contributed by atoms with E-state index in [9.17, 15) is 4.79 Å². The molecule has 2 aromatic rings. The molecule has 1 aromatic carbocycles. The van der Waals surface area contributed by atoms with Crippen LogP contribution < -0.4 is 10.2 Å². The molecule has 0 radical (unpaired) electrons. The highest BCUT2D eigenvalue weighted by atomic mass is 16.5. The zero-order valence-corrected chi connectivity index (χ0v) is 12.0. The molecule has 1 heterocycles. The van der Waals surface area contributed by atoms with Crippen molar-refractivity contribution in [3.63, 3.8) is 0 Å². The van der Waals surface area contributed by atoms with Gasteiger partial charge in [0.1, 0.15) is 5.75 Å². The van der Waals surface area contributed by atoms with Gasteiger partial charge < -0.3 is 4.74 Å². The maximum absolute atomic E-state index is 11.9. The van der Waals surface area contributed by atoms with Gasteiger partial charge in [0.05, 0.1) is 11.9 Å². The molecule has 0 saturated carbocycles. The molecule has 5 heteroatoms. The molecule has 0 aliphatic heterocycles. The number of amides is 1. The molecule has 0 aliphatic rings. The highest BCUT2D eigenvalue weighted by molar-refractivity contribution is 5.83. The predicted octanol–water partition coefficient (Wildman–Crippen LogP) is 2.31. The number of benzene rings is 1. The fraction of sp³-hybridized carbons (Fsp3) is 0.188. The number of ether oxygens (including phenoxy) is 1. The Hall–Kier alpha value is -2.69. The van der Waals surface area contributed by atoms with Crippen molar-refractivity contribution in [2.75, 3.05) is 0 Å². The second kappa shape index (κ2) is 7.19. The van der Waals surface area contributed by atoms with Crippen molar-refractivity contribution in [1.29, 1.82) is 0 Å². The third-order valence-corrected chi connectivity index (χ3v) is 2.73. The van der Waals surface area contributed by atoms with Crippen molar-refractivity contribution >= 4 is 12.1 Å². The number of pyridine rings is 1.